The Balaban J connectivity index is 1.87. The third-order valence-electron chi connectivity index (χ3n) is 4.53. The van der Waals surface area contributed by atoms with E-state index in [-0.39, 0.29) is 5.57 Å². The molecule has 4 aromatic rings. The van der Waals surface area contributed by atoms with Gasteiger partial charge in [-0.15, -0.1) is 0 Å². The van der Waals surface area contributed by atoms with E-state index in [9.17, 15) is 9.90 Å². The Bertz CT molecular complexity index is 1230. The van der Waals surface area contributed by atoms with Crippen LogP contribution in [0.4, 0.5) is 0 Å². The summed E-state index contributed by atoms with van der Waals surface area (Å²) >= 11 is 12.1. The van der Waals surface area contributed by atoms with E-state index in [0.717, 1.165) is 16.9 Å². The molecule has 0 radical (unpaired) electrons. The lowest BCUT2D eigenvalue weighted by Crippen LogP contribution is -2.01. The number of carboxylic acids is 1. The zero-order valence-electron chi connectivity index (χ0n) is 15.7. The monoisotopic (exact) mass is 434 g/mol. The summed E-state index contributed by atoms with van der Waals surface area (Å²) in [6, 6.07) is 25.7. The van der Waals surface area contributed by atoms with Crippen molar-refractivity contribution in [3.63, 3.8) is 0 Å². The molecule has 0 bridgehead atoms. The van der Waals surface area contributed by atoms with Gasteiger partial charge in [0.1, 0.15) is 0 Å². The van der Waals surface area contributed by atoms with Crippen LogP contribution >= 0.6 is 23.2 Å². The van der Waals surface area contributed by atoms with E-state index in [1.807, 2.05) is 60.7 Å². The molecule has 0 aliphatic rings. The lowest BCUT2D eigenvalue weighted by atomic mass is 10.0. The summed E-state index contributed by atoms with van der Waals surface area (Å²) in [4.78, 5) is 11.9. The molecular formula is C24H16Cl2N2O2. The zero-order valence-corrected chi connectivity index (χ0v) is 17.2. The molecule has 0 aliphatic carbocycles. The number of halogens is 2. The number of aromatic nitrogens is 2. The Kier molecular flexibility index (Phi) is 5.70. The molecule has 4 rings (SSSR count). The van der Waals surface area contributed by atoms with Gasteiger partial charge in [0.15, 0.2) is 0 Å². The van der Waals surface area contributed by atoms with E-state index in [1.54, 1.807) is 35.0 Å². The van der Waals surface area contributed by atoms with Gasteiger partial charge >= 0.3 is 5.97 Å². The van der Waals surface area contributed by atoms with Crippen LogP contribution in [0.15, 0.2) is 84.9 Å². The van der Waals surface area contributed by atoms with Crippen molar-refractivity contribution < 1.29 is 9.90 Å². The van der Waals surface area contributed by atoms with Crippen LogP contribution in [0.25, 0.3) is 28.6 Å². The number of nitrogens with zero attached hydrogens (tertiary/aromatic N) is 2. The van der Waals surface area contributed by atoms with E-state index in [2.05, 4.69) is 5.10 Å². The third kappa shape index (κ3) is 4.30. The van der Waals surface area contributed by atoms with Crippen molar-refractivity contribution in [2.24, 2.45) is 0 Å². The minimum atomic E-state index is -1.06. The van der Waals surface area contributed by atoms with Crippen LogP contribution in [-0.2, 0) is 4.79 Å². The summed E-state index contributed by atoms with van der Waals surface area (Å²) in [5, 5.41) is 15.5. The predicted octanol–water partition coefficient (Wildman–Crippen LogP) is 6.47. The highest BCUT2D eigenvalue weighted by Gasteiger charge is 2.15. The maximum Gasteiger partial charge on any atom is 0.336 e. The second kappa shape index (κ2) is 8.57. The predicted molar refractivity (Wildman–Crippen MR) is 121 cm³/mol. The molecule has 0 amide bonds. The summed E-state index contributed by atoms with van der Waals surface area (Å²) in [5.74, 6) is -1.06. The van der Waals surface area contributed by atoms with Gasteiger partial charge in [-0.2, -0.15) is 5.10 Å². The maximum atomic E-state index is 11.9. The summed E-state index contributed by atoms with van der Waals surface area (Å²) in [5.41, 5.74) is 3.73. The number of hydrogen-bond donors (Lipinski definition) is 1. The fraction of sp³-hybridized carbons (Fsp3) is 0. The first-order chi connectivity index (χ1) is 14.5. The Hall–Kier alpha value is -3.34. The number of rotatable bonds is 5. The van der Waals surface area contributed by atoms with E-state index in [0.29, 0.717) is 21.3 Å². The average Bonchev–Trinajstić information content (AvgIpc) is 3.17. The van der Waals surface area contributed by atoms with Crippen molar-refractivity contribution in [2.45, 2.75) is 0 Å². The molecule has 1 N–H and O–H groups in total. The number of para-hydroxylation sites is 1. The lowest BCUT2D eigenvalue weighted by molar-refractivity contribution is -0.130. The highest BCUT2D eigenvalue weighted by molar-refractivity contribution is 6.31. The van der Waals surface area contributed by atoms with Crippen molar-refractivity contribution in [3.05, 3.63) is 106 Å². The molecule has 0 unspecified atom stereocenters. The average molecular weight is 435 g/mol. The summed E-state index contributed by atoms with van der Waals surface area (Å²) < 4.78 is 1.78. The lowest BCUT2D eigenvalue weighted by Gasteiger charge is -2.07. The van der Waals surface area contributed by atoms with Crippen LogP contribution in [0.1, 0.15) is 11.3 Å². The molecule has 1 heterocycles. The molecule has 0 fully saturated rings. The molecule has 1 aromatic heterocycles. The topological polar surface area (TPSA) is 55.1 Å². The summed E-state index contributed by atoms with van der Waals surface area (Å²) in [6.45, 7) is 0. The number of carbonyl (C=O) groups is 1. The molecule has 0 saturated heterocycles. The van der Waals surface area contributed by atoms with Crippen LogP contribution in [-0.4, -0.2) is 20.9 Å². The Morgan fingerprint density at radius 3 is 2.27 bits per heavy atom. The Morgan fingerprint density at radius 1 is 0.867 bits per heavy atom. The molecule has 0 atom stereocenters. The SMILES string of the molecule is O=C(O)/C(=C\c1cc(-c2ccc(Cl)cc2)n(-c2ccccc2)n1)c1cccc(Cl)c1. The summed E-state index contributed by atoms with van der Waals surface area (Å²) in [7, 11) is 0. The van der Waals surface area contributed by atoms with Crippen LogP contribution in [0.2, 0.25) is 10.0 Å². The highest BCUT2D eigenvalue weighted by atomic mass is 35.5. The largest absolute Gasteiger partial charge is 0.478 e. The zero-order chi connectivity index (χ0) is 21.1. The van der Waals surface area contributed by atoms with Crippen LogP contribution < -0.4 is 0 Å². The number of aliphatic carboxylic acids is 1. The van der Waals surface area contributed by atoms with Gasteiger partial charge in [0.25, 0.3) is 0 Å². The van der Waals surface area contributed by atoms with E-state index in [4.69, 9.17) is 23.2 Å². The standard InChI is InChI=1S/C24H16Cl2N2O2/c25-18-11-9-16(10-12-18)23-15-20(27-28(23)21-7-2-1-3-8-21)14-22(24(29)30)17-5-4-6-19(26)13-17/h1-15H,(H,29,30)/b22-14-. The quantitative estimate of drug-likeness (QED) is 0.366. The van der Waals surface area contributed by atoms with Gasteiger partial charge in [0, 0.05) is 15.6 Å². The van der Waals surface area contributed by atoms with Crippen molar-refractivity contribution in [3.8, 4) is 16.9 Å². The van der Waals surface area contributed by atoms with Crippen molar-refractivity contribution in [1.82, 2.24) is 9.78 Å². The fourth-order valence-corrected chi connectivity index (χ4v) is 3.45. The first kappa shape index (κ1) is 20.0. The Morgan fingerprint density at radius 2 is 1.60 bits per heavy atom. The molecule has 6 heteroatoms. The molecule has 4 nitrogen and oxygen atoms in total. The molecular weight excluding hydrogens is 419 g/mol. The highest BCUT2D eigenvalue weighted by Crippen LogP contribution is 2.28. The van der Waals surface area contributed by atoms with Crippen LogP contribution in [0.3, 0.4) is 0 Å². The number of carboxylic acid groups (broad SMARTS) is 1. The minimum Gasteiger partial charge on any atom is -0.478 e. The first-order valence-electron chi connectivity index (χ1n) is 9.13. The van der Waals surface area contributed by atoms with Crippen molar-refractivity contribution in [2.75, 3.05) is 0 Å². The number of benzene rings is 3. The van der Waals surface area contributed by atoms with Gasteiger partial charge in [-0.3, -0.25) is 0 Å². The van der Waals surface area contributed by atoms with E-state index < -0.39 is 5.97 Å². The van der Waals surface area contributed by atoms with Crippen LogP contribution in [0, 0.1) is 0 Å². The third-order valence-corrected chi connectivity index (χ3v) is 5.01. The van der Waals surface area contributed by atoms with E-state index in [1.165, 1.54) is 0 Å². The van der Waals surface area contributed by atoms with Gasteiger partial charge in [0.2, 0.25) is 0 Å². The van der Waals surface area contributed by atoms with Crippen molar-refractivity contribution in [1.29, 1.82) is 0 Å². The fourth-order valence-electron chi connectivity index (χ4n) is 3.13. The first-order valence-corrected chi connectivity index (χ1v) is 9.89. The molecule has 3 aromatic carbocycles. The summed E-state index contributed by atoms with van der Waals surface area (Å²) in [6.07, 6.45) is 1.55. The van der Waals surface area contributed by atoms with Crippen molar-refractivity contribution >= 4 is 40.8 Å². The van der Waals surface area contributed by atoms with Gasteiger partial charge < -0.3 is 5.11 Å². The molecule has 0 aliphatic heterocycles. The van der Waals surface area contributed by atoms with Gasteiger partial charge in [-0.1, -0.05) is 65.7 Å². The second-order valence-electron chi connectivity index (χ2n) is 6.58. The molecule has 0 saturated carbocycles. The molecule has 148 valence electrons. The van der Waals surface area contributed by atoms with E-state index >= 15 is 0 Å². The minimum absolute atomic E-state index is 0.109. The number of hydrogen-bond acceptors (Lipinski definition) is 2. The normalized spacial score (nSPS) is 11.5. The molecule has 30 heavy (non-hydrogen) atoms. The van der Waals surface area contributed by atoms with Gasteiger partial charge in [-0.25, -0.2) is 9.48 Å². The molecule has 0 spiro atoms. The maximum absolute atomic E-state index is 11.9. The van der Waals surface area contributed by atoms with Gasteiger partial charge in [-0.05, 0) is 54.1 Å². The van der Waals surface area contributed by atoms with Crippen LogP contribution in [0.5, 0.6) is 0 Å². The van der Waals surface area contributed by atoms with Gasteiger partial charge in [0.05, 0.1) is 22.6 Å². The Labute approximate surface area is 183 Å². The smallest absolute Gasteiger partial charge is 0.336 e. The second-order valence-corrected chi connectivity index (χ2v) is 7.46.